The number of para-hydroxylation sites is 1. The molecule has 2 heterocycles. The highest BCUT2D eigenvalue weighted by Gasteiger charge is 2.10. The van der Waals surface area contributed by atoms with Gasteiger partial charge in [0.25, 0.3) is 5.91 Å². The van der Waals surface area contributed by atoms with Crippen LogP contribution in [0.1, 0.15) is 20.8 Å². The van der Waals surface area contributed by atoms with Crippen molar-refractivity contribution in [2.24, 2.45) is 0 Å². The van der Waals surface area contributed by atoms with Gasteiger partial charge in [-0.3, -0.25) is 4.79 Å². The summed E-state index contributed by atoms with van der Waals surface area (Å²) in [5.74, 6) is 0.948. The van der Waals surface area contributed by atoms with Crippen LogP contribution in [-0.2, 0) is 12.3 Å². The summed E-state index contributed by atoms with van der Waals surface area (Å²) in [7, 11) is 0. The first-order valence-electron chi connectivity index (χ1n) is 9.28. The maximum atomic E-state index is 12.1. The molecule has 2 aromatic carbocycles. The van der Waals surface area contributed by atoms with E-state index in [9.17, 15) is 4.79 Å². The Kier molecular flexibility index (Phi) is 5.84. The summed E-state index contributed by atoms with van der Waals surface area (Å²) in [6, 6.07) is 20.9. The summed E-state index contributed by atoms with van der Waals surface area (Å²) >= 11 is 3.33. The van der Waals surface area contributed by atoms with Gasteiger partial charge >= 0.3 is 0 Å². The molecule has 1 N–H and O–H groups in total. The number of fused-ring (bicyclic) bond motifs is 1. The number of hydrogen-bond acceptors (Lipinski definition) is 3. The Hall–Kier alpha value is -2.50. The Morgan fingerprint density at radius 3 is 2.68 bits per heavy atom. The summed E-state index contributed by atoms with van der Waals surface area (Å²) in [5.41, 5.74) is 3.82. The highest BCUT2D eigenvalue weighted by molar-refractivity contribution is 7.98. The SMILES string of the molecule is Cc1ccc(CSc2cn(CCNC(=O)c3cccs3)c3ccccc23)cc1. The van der Waals surface area contributed by atoms with E-state index >= 15 is 0 Å². The topological polar surface area (TPSA) is 34.0 Å². The molecule has 0 aliphatic heterocycles. The lowest BCUT2D eigenvalue weighted by molar-refractivity contribution is 0.0956. The quantitative estimate of drug-likeness (QED) is 0.398. The number of thiophene rings is 1. The summed E-state index contributed by atoms with van der Waals surface area (Å²) in [5, 5.41) is 6.20. The Bertz CT molecular complexity index is 1070. The van der Waals surface area contributed by atoms with Crippen molar-refractivity contribution in [3.05, 3.63) is 88.2 Å². The summed E-state index contributed by atoms with van der Waals surface area (Å²) in [6.07, 6.45) is 2.21. The smallest absolute Gasteiger partial charge is 0.261 e. The summed E-state index contributed by atoms with van der Waals surface area (Å²) in [4.78, 5) is 14.2. The Morgan fingerprint density at radius 1 is 1.07 bits per heavy atom. The minimum Gasteiger partial charge on any atom is -0.350 e. The molecule has 0 radical (unpaired) electrons. The van der Waals surface area contributed by atoms with Crippen LogP contribution in [-0.4, -0.2) is 17.0 Å². The van der Waals surface area contributed by atoms with E-state index in [1.54, 1.807) is 0 Å². The van der Waals surface area contributed by atoms with Crippen LogP contribution in [0.2, 0.25) is 0 Å². The van der Waals surface area contributed by atoms with Gasteiger partial charge in [-0.15, -0.1) is 23.1 Å². The van der Waals surface area contributed by atoms with E-state index in [1.807, 2.05) is 29.3 Å². The molecule has 4 rings (SSSR count). The molecule has 2 aromatic heterocycles. The molecule has 5 heteroatoms. The van der Waals surface area contributed by atoms with Crippen molar-refractivity contribution in [1.29, 1.82) is 0 Å². The molecule has 0 bridgehead atoms. The number of nitrogens with zero attached hydrogens (tertiary/aromatic N) is 1. The lowest BCUT2D eigenvalue weighted by Crippen LogP contribution is -2.26. The van der Waals surface area contributed by atoms with Crippen LogP contribution >= 0.6 is 23.1 Å². The summed E-state index contributed by atoms with van der Waals surface area (Å²) < 4.78 is 2.24. The second kappa shape index (κ2) is 8.67. The molecule has 0 saturated carbocycles. The molecule has 0 spiro atoms. The zero-order valence-corrected chi connectivity index (χ0v) is 17.4. The van der Waals surface area contributed by atoms with E-state index in [2.05, 4.69) is 71.5 Å². The van der Waals surface area contributed by atoms with Gasteiger partial charge in [-0.1, -0.05) is 54.1 Å². The van der Waals surface area contributed by atoms with Crippen molar-refractivity contribution in [1.82, 2.24) is 9.88 Å². The predicted octanol–water partition coefficient (Wildman–Crippen LogP) is 5.73. The third kappa shape index (κ3) is 4.32. The van der Waals surface area contributed by atoms with Crippen molar-refractivity contribution in [2.75, 3.05) is 6.54 Å². The number of thioether (sulfide) groups is 1. The molecule has 0 atom stereocenters. The minimum absolute atomic E-state index is 0.000399. The maximum absolute atomic E-state index is 12.1. The standard InChI is InChI=1S/C23H22N2OS2/c1-17-8-10-18(11-9-17)16-28-22-15-25(20-6-3-2-5-19(20)22)13-12-24-23(26)21-7-4-14-27-21/h2-11,14-15H,12-13,16H2,1H3,(H,24,26). The Morgan fingerprint density at radius 2 is 1.89 bits per heavy atom. The van der Waals surface area contributed by atoms with Gasteiger partial charge in [0.15, 0.2) is 0 Å². The van der Waals surface area contributed by atoms with Crippen LogP contribution in [0.15, 0.2) is 77.1 Å². The maximum Gasteiger partial charge on any atom is 0.261 e. The fourth-order valence-electron chi connectivity index (χ4n) is 3.14. The average molecular weight is 407 g/mol. The van der Waals surface area contributed by atoms with E-state index in [-0.39, 0.29) is 5.91 Å². The van der Waals surface area contributed by atoms with Crippen LogP contribution in [0, 0.1) is 6.92 Å². The van der Waals surface area contributed by atoms with E-state index in [1.165, 1.54) is 38.3 Å². The second-order valence-corrected chi connectivity index (χ2v) is 8.68. The largest absolute Gasteiger partial charge is 0.350 e. The fourth-order valence-corrected chi connectivity index (χ4v) is 4.83. The highest BCUT2D eigenvalue weighted by atomic mass is 32.2. The van der Waals surface area contributed by atoms with Crippen LogP contribution in [0.25, 0.3) is 10.9 Å². The molecule has 28 heavy (non-hydrogen) atoms. The van der Waals surface area contributed by atoms with Gasteiger partial charge in [0.2, 0.25) is 0 Å². The zero-order valence-electron chi connectivity index (χ0n) is 15.7. The second-order valence-electron chi connectivity index (χ2n) is 6.71. The van der Waals surface area contributed by atoms with Crippen molar-refractivity contribution in [3.63, 3.8) is 0 Å². The van der Waals surface area contributed by atoms with Gasteiger partial charge in [-0.25, -0.2) is 0 Å². The van der Waals surface area contributed by atoms with Crippen molar-refractivity contribution >= 4 is 39.9 Å². The number of aromatic nitrogens is 1. The van der Waals surface area contributed by atoms with Gasteiger partial charge in [-0.05, 0) is 30.0 Å². The number of aryl methyl sites for hydroxylation is 1. The first-order chi connectivity index (χ1) is 13.7. The van der Waals surface area contributed by atoms with Gasteiger partial charge in [0.05, 0.1) is 4.88 Å². The molecular formula is C23H22N2OS2. The Balaban J connectivity index is 1.45. The molecular weight excluding hydrogens is 384 g/mol. The normalized spacial score (nSPS) is 11.0. The van der Waals surface area contributed by atoms with Gasteiger partial charge in [0, 0.05) is 40.8 Å². The highest BCUT2D eigenvalue weighted by Crippen LogP contribution is 2.32. The molecule has 0 fully saturated rings. The predicted molar refractivity (Wildman–Crippen MR) is 119 cm³/mol. The number of hydrogen-bond donors (Lipinski definition) is 1. The molecule has 4 aromatic rings. The molecule has 0 aliphatic rings. The lowest BCUT2D eigenvalue weighted by Gasteiger charge is -2.06. The number of rotatable bonds is 7. The molecule has 0 unspecified atom stereocenters. The van der Waals surface area contributed by atoms with Gasteiger partial charge < -0.3 is 9.88 Å². The molecule has 1 amide bonds. The van der Waals surface area contributed by atoms with Crippen LogP contribution in [0.5, 0.6) is 0 Å². The van der Waals surface area contributed by atoms with E-state index in [0.29, 0.717) is 6.54 Å². The molecule has 0 saturated heterocycles. The minimum atomic E-state index is 0.000399. The van der Waals surface area contributed by atoms with E-state index in [4.69, 9.17) is 0 Å². The third-order valence-corrected chi connectivity index (χ3v) is 6.63. The molecule has 142 valence electrons. The van der Waals surface area contributed by atoms with Crippen LogP contribution in [0.4, 0.5) is 0 Å². The number of amides is 1. The van der Waals surface area contributed by atoms with Gasteiger partial charge in [0.1, 0.15) is 0 Å². The Labute approximate surface area is 173 Å². The molecule has 0 aliphatic carbocycles. The van der Waals surface area contributed by atoms with Gasteiger partial charge in [-0.2, -0.15) is 0 Å². The van der Waals surface area contributed by atoms with Crippen molar-refractivity contribution in [3.8, 4) is 0 Å². The number of carbonyl (C=O) groups excluding carboxylic acids is 1. The average Bonchev–Trinajstić information content (AvgIpc) is 3.37. The lowest BCUT2D eigenvalue weighted by atomic mass is 10.2. The van der Waals surface area contributed by atoms with Crippen LogP contribution in [0.3, 0.4) is 0 Å². The fraction of sp³-hybridized carbons (Fsp3) is 0.174. The molecule has 3 nitrogen and oxygen atoms in total. The van der Waals surface area contributed by atoms with E-state index in [0.717, 1.165) is 17.2 Å². The first-order valence-corrected chi connectivity index (χ1v) is 11.1. The zero-order chi connectivity index (χ0) is 19.3. The van der Waals surface area contributed by atoms with Crippen LogP contribution < -0.4 is 5.32 Å². The number of carbonyl (C=O) groups is 1. The summed E-state index contributed by atoms with van der Waals surface area (Å²) in [6.45, 7) is 3.47. The number of benzene rings is 2. The first kappa shape index (κ1) is 18.8. The third-order valence-electron chi connectivity index (χ3n) is 4.65. The van der Waals surface area contributed by atoms with Crippen molar-refractivity contribution < 1.29 is 4.79 Å². The van der Waals surface area contributed by atoms with E-state index < -0.39 is 0 Å². The van der Waals surface area contributed by atoms with Crippen molar-refractivity contribution in [2.45, 2.75) is 24.1 Å². The number of nitrogens with one attached hydrogen (secondary N) is 1. The monoisotopic (exact) mass is 406 g/mol.